The number of benzene rings is 1. The Morgan fingerprint density at radius 2 is 2.10 bits per heavy atom. The summed E-state index contributed by atoms with van der Waals surface area (Å²) in [5.41, 5.74) is 0.0935. The molecule has 0 spiro atoms. The normalized spacial score (nSPS) is 13.0. The van der Waals surface area contributed by atoms with Crippen LogP contribution in [-0.2, 0) is 10.0 Å². The van der Waals surface area contributed by atoms with Gasteiger partial charge in [-0.15, -0.1) is 0 Å². The molecule has 0 saturated carbocycles. The Morgan fingerprint density at radius 1 is 1.50 bits per heavy atom. The molecule has 1 rings (SSSR count). The third-order valence-corrected chi connectivity index (χ3v) is 4.65. The number of nitro groups is 1. The first-order chi connectivity index (χ1) is 9.18. The van der Waals surface area contributed by atoms with E-state index in [1.807, 2.05) is 13.2 Å². The lowest BCUT2D eigenvalue weighted by Gasteiger charge is -2.26. The molecule has 0 aliphatic rings. The smallest absolute Gasteiger partial charge is 0.293 e. The van der Waals surface area contributed by atoms with E-state index in [9.17, 15) is 18.5 Å². The first-order valence-corrected chi connectivity index (χ1v) is 8.65. The van der Waals surface area contributed by atoms with Gasteiger partial charge in [-0.3, -0.25) is 10.1 Å². The highest BCUT2D eigenvalue weighted by Crippen LogP contribution is 2.31. The van der Waals surface area contributed by atoms with Gasteiger partial charge in [0.2, 0.25) is 10.0 Å². The van der Waals surface area contributed by atoms with Gasteiger partial charge >= 0.3 is 0 Å². The van der Waals surface area contributed by atoms with Gasteiger partial charge in [-0.2, -0.15) is 11.8 Å². The van der Waals surface area contributed by atoms with Crippen LogP contribution in [0.15, 0.2) is 23.1 Å². The van der Waals surface area contributed by atoms with Crippen LogP contribution < -0.4 is 10.0 Å². The molecule has 112 valence electrons. The average Bonchev–Trinajstić information content (AvgIpc) is 2.36. The van der Waals surface area contributed by atoms with Gasteiger partial charge in [0.05, 0.1) is 9.82 Å². The zero-order chi connectivity index (χ0) is 15.5. The Hall–Kier alpha value is -1.32. The molecule has 1 atom stereocenters. The van der Waals surface area contributed by atoms with Crippen molar-refractivity contribution in [1.29, 1.82) is 0 Å². The molecule has 0 aliphatic heterocycles. The van der Waals surface area contributed by atoms with Crippen molar-refractivity contribution in [3.05, 3.63) is 28.3 Å². The monoisotopic (exact) mass is 319 g/mol. The molecule has 7 nitrogen and oxygen atoms in total. The Bertz CT molecular complexity index is 604. The van der Waals surface area contributed by atoms with E-state index >= 15 is 0 Å². The number of primary sulfonamides is 1. The predicted octanol–water partition coefficient (Wildman–Crippen LogP) is 1.43. The summed E-state index contributed by atoms with van der Waals surface area (Å²) < 4.78 is 22.5. The maximum atomic E-state index is 11.3. The van der Waals surface area contributed by atoms with Crippen molar-refractivity contribution in [3.63, 3.8) is 0 Å². The molecule has 0 saturated heterocycles. The third-order valence-electron chi connectivity index (χ3n) is 2.92. The third kappa shape index (κ3) is 3.84. The molecule has 9 heteroatoms. The minimum absolute atomic E-state index is 0.0732. The van der Waals surface area contributed by atoms with Crippen LogP contribution in [-0.4, -0.2) is 38.4 Å². The van der Waals surface area contributed by atoms with E-state index in [0.29, 0.717) is 5.69 Å². The van der Waals surface area contributed by atoms with Crippen molar-refractivity contribution in [2.75, 3.05) is 24.0 Å². The van der Waals surface area contributed by atoms with Crippen molar-refractivity contribution < 1.29 is 13.3 Å². The van der Waals surface area contributed by atoms with Gasteiger partial charge in [-0.05, 0) is 25.3 Å². The van der Waals surface area contributed by atoms with E-state index < -0.39 is 14.9 Å². The summed E-state index contributed by atoms with van der Waals surface area (Å²) in [6.45, 7) is 1.94. The topological polar surface area (TPSA) is 107 Å². The first-order valence-electron chi connectivity index (χ1n) is 5.71. The highest BCUT2D eigenvalue weighted by molar-refractivity contribution is 7.98. The highest BCUT2D eigenvalue weighted by atomic mass is 32.2. The molecule has 1 aromatic carbocycles. The van der Waals surface area contributed by atoms with Crippen molar-refractivity contribution in [1.82, 2.24) is 0 Å². The minimum atomic E-state index is -3.96. The standard InChI is InChI=1S/C11H17N3O4S2/c1-8(7-19-3)13(2)10-5-4-9(20(12,17)18)6-11(10)14(15)16/h4-6,8H,7H2,1-3H3,(H2,12,17,18). The number of anilines is 1. The molecule has 2 N–H and O–H groups in total. The molecule has 0 amide bonds. The van der Waals surface area contributed by atoms with E-state index in [4.69, 9.17) is 5.14 Å². The average molecular weight is 319 g/mol. The van der Waals surface area contributed by atoms with Crippen LogP contribution in [0, 0.1) is 10.1 Å². The largest absolute Gasteiger partial charge is 0.366 e. The number of sulfonamides is 1. The fourth-order valence-electron chi connectivity index (χ4n) is 1.72. The van der Waals surface area contributed by atoms with Gasteiger partial charge in [-0.25, -0.2) is 13.6 Å². The quantitative estimate of drug-likeness (QED) is 0.628. The number of nitrogens with zero attached hydrogens (tertiary/aromatic N) is 2. The minimum Gasteiger partial charge on any atom is -0.366 e. The van der Waals surface area contributed by atoms with E-state index in [0.717, 1.165) is 11.8 Å². The van der Waals surface area contributed by atoms with Crippen molar-refractivity contribution in [2.45, 2.75) is 17.9 Å². The summed E-state index contributed by atoms with van der Waals surface area (Å²) in [5, 5.41) is 16.1. The molecule has 0 heterocycles. The molecule has 0 aromatic heterocycles. The number of nitro benzene ring substituents is 1. The van der Waals surface area contributed by atoms with Crippen LogP contribution in [0.5, 0.6) is 0 Å². The van der Waals surface area contributed by atoms with Gasteiger partial charge in [0.15, 0.2) is 0 Å². The predicted molar refractivity (Wildman–Crippen MR) is 80.7 cm³/mol. The fraction of sp³-hybridized carbons (Fsp3) is 0.455. The van der Waals surface area contributed by atoms with Crippen LogP contribution in [0.4, 0.5) is 11.4 Å². The summed E-state index contributed by atoms with van der Waals surface area (Å²) in [4.78, 5) is 12.0. The number of rotatable bonds is 6. The van der Waals surface area contributed by atoms with Crippen LogP contribution >= 0.6 is 11.8 Å². The molecular weight excluding hydrogens is 302 g/mol. The summed E-state index contributed by atoms with van der Waals surface area (Å²) in [5.74, 6) is 0.796. The number of hydrogen-bond acceptors (Lipinski definition) is 6. The first kappa shape index (κ1) is 16.7. The molecule has 1 unspecified atom stereocenters. The van der Waals surface area contributed by atoms with E-state index in [1.54, 1.807) is 23.7 Å². The molecule has 0 radical (unpaired) electrons. The van der Waals surface area contributed by atoms with E-state index in [1.165, 1.54) is 12.1 Å². The molecule has 1 aromatic rings. The summed E-state index contributed by atoms with van der Waals surface area (Å²) in [6, 6.07) is 3.76. The molecule has 0 fully saturated rings. The second kappa shape index (κ2) is 6.42. The SMILES string of the molecule is CSCC(C)N(C)c1ccc(S(N)(=O)=O)cc1[N+](=O)[O-]. The fourth-order valence-corrected chi connectivity index (χ4v) is 2.95. The van der Waals surface area contributed by atoms with Gasteiger partial charge in [0.25, 0.3) is 5.69 Å². The van der Waals surface area contributed by atoms with Crippen LogP contribution in [0.2, 0.25) is 0 Å². The Morgan fingerprint density at radius 3 is 2.55 bits per heavy atom. The molecule has 0 aliphatic carbocycles. The Labute approximate surface area is 122 Å². The van der Waals surface area contributed by atoms with Gasteiger partial charge < -0.3 is 4.90 Å². The number of thioether (sulfide) groups is 1. The summed E-state index contributed by atoms with van der Waals surface area (Å²) in [6.07, 6.45) is 1.95. The summed E-state index contributed by atoms with van der Waals surface area (Å²) in [7, 11) is -2.22. The Kier molecular flexibility index (Phi) is 5.37. The van der Waals surface area contributed by atoms with Crippen molar-refractivity contribution in [3.8, 4) is 0 Å². The lowest BCUT2D eigenvalue weighted by molar-refractivity contribution is -0.384. The van der Waals surface area contributed by atoms with E-state index in [2.05, 4.69) is 0 Å². The van der Waals surface area contributed by atoms with Gasteiger partial charge in [0.1, 0.15) is 5.69 Å². The lowest BCUT2D eigenvalue weighted by Crippen LogP contribution is -2.31. The maximum Gasteiger partial charge on any atom is 0.293 e. The Balaban J connectivity index is 3.31. The van der Waals surface area contributed by atoms with Crippen LogP contribution in [0.1, 0.15) is 6.92 Å². The molecular formula is C11H17N3O4S2. The van der Waals surface area contributed by atoms with Crippen molar-refractivity contribution in [2.24, 2.45) is 5.14 Å². The zero-order valence-corrected chi connectivity index (χ0v) is 13.1. The second-order valence-electron chi connectivity index (χ2n) is 4.37. The molecule has 0 bridgehead atoms. The number of hydrogen-bond donors (Lipinski definition) is 1. The highest BCUT2D eigenvalue weighted by Gasteiger charge is 2.23. The van der Waals surface area contributed by atoms with Gasteiger partial charge in [0, 0.05) is 24.9 Å². The van der Waals surface area contributed by atoms with Crippen molar-refractivity contribution >= 4 is 33.2 Å². The van der Waals surface area contributed by atoms with Gasteiger partial charge in [-0.1, -0.05) is 0 Å². The zero-order valence-electron chi connectivity index (χ0n) is 11.4. The number of nitrogens with two attached hydrogens (primary N) is 1. The molecule has 20 heavy (non-hydrogen) atoms. The van der Waals surface area contributed by atoms with Crippen LogP contribution in [0.3, 0.4) is 0 Å². The lowest BCUT2D eigenvalue weighted by atomic mass is 10.2. The second-order valence-corrected chi connectivity index (χ2v) is 6.84. The summed E-state index contributed by atoms with van der Waals surface area (Å²) >= 11 is 1.63. The van der Waals surface area contributed by atoms with E-state index in [-0.39, 0.29) is 16.6 Å². The van der Waals surface area contributed by atoms with Crippen LogP contribution in [0.25, 0.3) is 0 Å². The maximum absolute atomic E-state index is 11.3.